The minimum Gasteiger partial charge on any atom is -0.483 e. The molecule has 0 fully saturated rings. The molecule has 23 heavy (non-hydrogen) atoms. The van der Waals surface area contributed by atoms with Gasteiger partial charge in [-0.25, -0.2) is 0 Å². The Morgan fingerprint density at radius 1 is 1.35 bits per heavy atom. The predicted octanol–water partition coefficient (Wildman–Crippen LogP) is 0.293. The molecule has 9 nitrogen and oxygen atoms in total. The molecule has 1 aromatic carbocycles. The number of carbonyl (C=O) groups excluding carboxylic acids is 1. The van der Waals surface area contributed by atoms with Crippen molar-refractivity contribution in [1.29, 1.82) is 0 Å². The Morgan fingerprint density at radius 2 is 2.09 bits per heavy atom. The van der Waals surface area contributed by atoms with Crippen LogP contribution < -0.4 is 21.2 Å². The van der Waals surface area contributed by atoms with Gasteiger partial charge in [-0.3, -0.25) is 4.79 Å². The second-order valence-electron chi connectivity index (χ2n) is 5.98. The molecule has 9 heteroatoms. The van der Waals surface area contributed by atoms with Gasteiger partial charge in [-0.15, -0.1) is 4.79 Å². The number of anilines is 1. The molecule has 1 heterocycles. The standard InChI is InChI=1S/C14H21N7O2/c1-14(2,3)17-12(22)9-23-11-7-5-4-6-10(11)8-16-21-13(15)18-19-20-21/h4-7,16H,8-9H2,1-3H3,(H,17,22)(H2,15,18,20). The summed E-state index contributed by atoms with van der Waals surface area (Å²) in [5.41, 5.74) is 9.09. The fourth-order valence-electron chi connectivity index (χ4n) is 1.86. The minimum atomic E-state index is -0.293. The molecule has 0 atom stereocenters. The van der Waals surface area contributed by atoms with Crippen molar-refractivity contribution in [3.05, 3.63) is 29.8 Å². The van der Waals surface area contributed by atoms with E-state index in [9.17, 15) is 4.79 Å². The molecule has 2 aromatic rings. The molecule has 0 bridgehead atoms. The van der Waals surface area contributed by atoms with Crippen molar-refractivity contribution < 1.29 is 9.53 Å². The van der Waals surface area contributed by atoms with Crippen LogP contribution in [0.3, 0.4) is 0 Å². The second-order valence-corrected chi connectivity index (χ2v) is 5.98. The molecule has 0 unspecified atom stereocenters. The van der Waals surface area contributed by atoms with Crippen molar-refractivity contribution in [1.82, 2.24) is 25.6 Å². The molecular formula is C14H21N7O2. The molecule has 124 valence electrons. The molecule has 0 radical (unpaired) electrons. The number of nitrogen functional groups attached to an aromatic ring is 1. The summed E-state index contributed by atoms with van der Waals surface area (Å²) < 4.78 is 5.60. The Morgan fingerprint density at radius 3 is 2.74 bits per heavy atom. The summed E-state index contributed by atoms with van der Waals surface area (Å²) in [6.45, 7) is 6.09. The van der Waals surface area contributed by atoms with Crippen LogP contribution in [0.4, 0.5) is 5.95 Å². The number of aromatic nitrogens is 4. The maximum atomic E-state index is 11.8. The summed E-state index contributed by atoms with van der Waals surface area (Å²) in [6, 6.07) is 7.39. The first-order chi connectivity index (χ1) is 10.8. The number of ether oxygens (including phenoxy) is 1. The smallest absolute Gasteiger partial charge is 0.260 e. The molecule has 0 spiro atoms. The van der Waals surface area contributed by atoms with E-state index in [1.54, 1.807) is 6.07 Å². The van der Waals surface area contributed by atoms with E-state index in [-0.39, 0.29) is 24.0 Å². The fraction of sp³-hybridized carbons (Fsp3) is 0.429. The monoisotopic (exact) mass is 319 g/mol. The van der Waals surface area contributed by atoms with Gasteiger partial charge in [0, 0.05) is 11.1 Å². The molecule has 0 aliphatic rings. The third-order valence-corrected chi connectivity index (χ3v) is 2.76. The fourth-order valence-corrected chi connectivity index (χ4v) is 1.86. The SMILES string of the molecule is CC(C)(C)NC(=O)COc1ccccc1CNn1nnnc1N. The number of carbonyl (C=O) groups is 1. The van der Waals surface area contributed by atoms with E-state index in [0.717, 1.165) is 5.56 Å². The lowest BCUT2D eigenvalue weighted by molar-refractivity contribution is -0.124. The summed E-state index contributed by atoms with van der Waals surface area (Å²) in [5.74, 6) is 0.591. The van der Waals surface area contributed by atoms with Crippen LogP contribution in [0.1, 0.15) is 26.3 Å². The molecule has 0 aliphatic heterocycles. The van der Waals surface area contributed by atoms with Crippen LogP contribution in [0, 0.1) is 0 Å². The summed E-state index contributed by atoms with van der Waals surface area (Å²) in [4.78, 5) is 13.1. The zero-order valence-electron chi connectivity index (χ0n) is 13.4. The first kappa shape index (κ1) is 16.5. The molecule has 0 aliphatic carbocycles. The largest absolute Gasteiger partial charge is 0.483 e. The van der Waals surface area contributed by atoms with Gasteiger partial charge in [-0.1, -0.05) is 23.3 Å². The van der Waals surface area contributed by atoms with Crippen molar-refractivity contribution in [3.63, 3.8) is 0 Å². The minimum absolute atomic E-state index is 0.0543. The average molecular weight is 319 g/mol. The van der Waals surface area contributed by atoms with E-state index in [1.807, 2.05) is 39.0 Å². The highest BCUT2D eigenvalue weighted by Crippen LogP contribution is 2.18. The van der Waals surface area contributed by atoms with Gasteiger partial charge in [-0.2, -0.15) is 0 Å². The van der Waals surface area contributed by atoms with Crippen LogP contribution in [0.25, 0.3) is 0 Å². The van der Waals surface area contributed by atoms with Gasteiger partial charge in [0.15, 0.2) is 6.61 Å². The number of hydrogen-bond acceptors (Lipinski definition) is 7. The van der Waals surface area contributed by atoms with E-state index >= 15 is 0 Å². The van der Waals surface area contributed by atoms with E-state index in [0.29, 0.717) is 12.3 Å². The van der Waals surface area contributed by atoms with Crippen molar-refractivity contribution in [2.45, 2.75) is 32.9 Å². The Hall–Kier alpha value is -2.84. The van der Waals surface area contributed by atoms with Gasteiger partial charge in [0.25, 0.3) is 11.9 Å². The lowest BCUT2D eigenvalue weighted by Gasteiger charge is -2.20. The normalized spacial score (nSPS) is 11.1. The Balaban J connectivity index is 1.95. The van der Waals surface area contributed by atoms with E-state index in [4.69, 9.17) is 10.5 Å². The lowest BCUT2D eigenvalue weighted by atomic mass is 10.1. The van der Waals surface area contributed by atoms with Gasteiger partial charge in [0.05, 0.1) is 6.54 Å². The summed E-state index contributed by atoms with van der Waals surface area (Å²) in [7, 11) is 0. The molecule has 0 saturated heterocycles. The second kappa shape index (κ2) is 6.95. The molecule has 0 saturated carbocycles. The lowest BCUT2D eigenvalue weighted by Crippen LogP contribution is -2.43. The zero-order chi connectivity index (χ0) is 16.9. The predicted molar refractivity (Wildman–Crippen MR) is 85.1 cm³/mol. The average Bonchev–Trinajstić information content (AvgIpc) is 2.87. The van der Waals surface area contributed by atoms with Gasteiger partial charge in [0.1, 0.15) is 5.75 Å². The summed E-state index contributed by atoms with van der Waals surface area (Å²) in [5, 5.41) is 13.6. The van der Waals surface area contributed by atoms with Crippen molar-refractivity contribution in [2.24, 2.45) is 0 Å². The molecule has 1 amide bonds. The quantitative estimate of drug-likeness (QED) is 0.700. The Bertz CT molecular complexity index is 663. The zero-order valence-corrected chi connectivity index (χ0v) is 13.4. The molecule has 4 N–H and O–H groups in total. The molecular weight excluding hydrogens is 298 g/mol. The Kier molecular flexibility index (Phi) is 4.99. The van der Waals surface area contributed by atoms with Crippen LogP contribution in [0.15, 0.2) is 24.3 Å². The number of nitrogens with zero attached hydrogens (tertiary/aromatic N) is 4. The van der Waals surface area contributed by atoms with Crippen molar-refractivity contribution in [2.75, 3.05) is 17.8 Å². The number of para-hydroxylation sites is 1. The third kappa shape index (κ3) is 5.13. The number of rotatable bonds is 6. The van der Waals surface area contributed by atoms with E-state index in [2.05, 4.69) is 26.3 Å². The number of nitrogens with one attached hydrogen (secondary N) is 2. The van der Waals surface area contributed by atoms with Gasteiger partial charge in [0.2, 0.25) is 0 Å². The summed E-state index contributed by atoms with van der Waals surface area (Å²) in [6.07, 6.45) is 0. The van der Waals surface area contributed by atoms with E-state index in [1.165, 1.54) is 4.79 Å². The molecule has 1 aromatic heterocycles. The topological polar surface area (TPSA) is 120 Å². The van der Waals surface area contributed by atoms with Gasteiger partial charge < -0.3 is 21.2 Å². The number of tetrazole rings is 1. The third-order valence-electron chi connectivity index (χ3n) is 2.76. The van der Waals surface area contributed by atoms with E-state index < -0.39 is 0 Å². The first-order valence-electron chi connectivity index (χ1n) is 7.14. The maximum absolute atomic E-state index is 11.8. The molecule has 2 rings (SSSR count). The van der Waals surface area contributed by atoms with Gasteiger partial charge in [-0.05, 0) is 37.3 Å². The number of nitrogens with two attached hydrogens (primary N) is 1. The summed E-state index contributed by atoms with van der Waals surface area (Å²) >= 11 is 0. The van der Waals surface area contributed by atoms with Crippen molar-refractivity contribution in [3.8, 4) is 5.75 Å². The van der Waals surface area contributed by atoms with Crippen LogP contribution in [0.5, 0.6) is 5.75 Å². The van der Waals surface area contributed by atoms with Crippen LogP contribution >= 0.6 is 0 Å². The highest BCUT2D eigenvalue weighted by atomic mass is 16.5. The van der Waals surface area contributed by atoms with Crippen LogP contribution in [-0.4, -0.2) is 38.4 Å². The number of amides is 1. The maximum Gasteiger partial charge on any atom is 0.260 e. The number of hydrogen-bond donors (Lipinski definition) is 3. The van der Waals surface area contributed by atoms with Crippen LogP contribution in [-0.2, 0) is 11.3 Å². The van der Waals surface area contributed by atoms with Crippen LogP contribution in [0.2, 0.25) is 0 Å². The first-order valence-corrected chi connectivity index (χ1v) is 7.14. The number of benzene rings is 1. The van der Waals surface area contributed by atoms with Gasteiger partial charge >= 0.3 is 0 Å². The highest BCUT2D eigenvalue weighted by Gasteiger charge is 2.14. The van der Waals surface area contributed by atoms with Crippen molar-refractivity contribution >= 4 is 11.9 Å². The highest BCUT2D eigenvalue weighted by molar-refractivity contribution is 5.78. The Labute approximate surface area is 134 Å².